The summed E-state index contributed by atoms with van der Waals surface area (Å²) in [4.78, 5) is 0. The van der Waals surface area contributed by atoms with Gasteiger partial charge in [-0.3, -0.25) is 0 Å². The van der Waals surface area contributed by atoms with Crippen molar-refractivity contribution in [1.82, 2.24) is 5.32 Å². The smallest absolute Gasteiger partial charge is 0.0463 e. The van der Waals surface area contributed by atoms with E-state index >= 15 is 0 Å². The fourth-order valence-corrected chi connectivity index (χ4v) is 2.45. The Morgan fingerprint density at radius 2 is 1.81 bits per heavy atom. The van der Waals surface area contributed by atoms with Crippen LogP contribution < -0.4 is 5.32 Å². The minimum Gasteiger partial charge on any atom is -0.315 e. The van der Waals surface area contributed by atoms with Gasteiger partial charge in [0.1, 0.15) is 0 Å². The topological polar surface area (TPSA) is 12.0 Å². The van der Waals surface area contributed by atoms with Crippen molar-refractivity contribution < 1.29 is 0 Å². The number of hydrogen-bond acceptors (Lipinski definition) is 1. The first-order valence-corrected chi connectivity index (χ1v) is 7.38. The molecule has 0 saturated carbocycles. The SMILES string of the molecule is CCCCC(CC)CNCC(Cl)CC(C)C. The summed E-state index contributed by atoms with van der Waals surface area (Å²) >= 11 is 6.24. The molecule has 0 fully saturated rings. The molecule has 1 nitrogen and oxygen atoms in total. The van der Waals surface area contributed by atoms with Crippen molar-refractivity contribution in [2.24, 2.45) is 11.8 Å². The third kappa shape index (κ3) is 9.47. The number of unbranched alkanes of at least 4 members (excludes halogenated alkanes) is 1. The Labute approximate surface area is 107 Å². The van der Waals surface area contributed by atoms with E-state index in [9.17, 15) is 0 Å². The van der Waals surface area contributed by atoms with Crippen molar-refractivity contribution >= 4 is 11.6 Å². The largest absolute Gasteiger partial charge is 0.315 e. The molecule has 0 heterocycles. The minimum atomic E-state index is 0.295. The Kier molecular flexibility index (Phi) is 10.6. The first-order valence-electron chi connectivity index (χ1n) is 6.94. The molecule has 0 spiro atoms. The molecule has 2 unspecified atom stereocenters. The number of hydrogen-bond donors (Lipinski definition) is 1. The molecular weight excluding hydrogens is 218 g/mol. The number of nitrogens with one attached hydrogen (secondary N) is 1. The molecule has 0 aromatic rings. The Balaban J connectivity index is 3.53. The van der Waals surface area contributed by atoms with E-state index in [0.29, 0.717) is 11.3 Å². The predicted molar refractivity (Wildman–Crippen MR) is 75.3 cm³/mol. The molecule has 98 valence electrons. The zero-order valence-corrected chi connectivity index (χ0v) is 12.3. The van der Waals surface area contributed by atoms with Crippen LogP contribution in [0.1, 0.15) is 59.8 Å². The van der Waals surface area contributed by atoms with Crippen LogP contribution in [0.2, 0.25) is 0 Å². The van der Waals surface area contributed by atoms with Crippen LogP contribution in [0.15, 0.2) is 0 Å². The van der Waals surface area contributed by atoms with Crippen LogP contribution in [0.25, 0.3) is 0 Å². The summed E-state index contributed by atoms with van der Waals surface area (Å²) in [7, 11) is 0. The van der Waals surface area contributed by atoms with Gasteiger partial charge in [0.15, 0.2) is 0 Å². The van der Waals surface area contributed by atoms with Gasteiger partial charge in [-0.1, -0.05) is 47.0 Å². The monoisotopic (exact) mass is 247 g/mol. The van der Waals surface area contributed by atoms with E-state index in [0.717, 1.165) is 25.4 Å². The van der Waals surface area contributed by atoms with Gasteiger partial charge >= 0.3 is 0 Å². The maximum Gasteiger partial charge on any atom is 0.0463 e. The zero-order chi connectivity index (χ0) is 12.4. The molecule has 0 bridgehead atoms. The van der Waals surface area contributed by atoms with Crippen LogP contribution in [0.5, 0.6) is 0 Å². The molecule has 0 radical (unpaired) electrons. The van der Waals surface area contributed by atoms with Crippen LogP contribution in [-0.4, -0.2) is 18.5 Å². The van der Waals surface area contributed by atoms with Gasteiger partial charge in [-0.2, -0.15) is 0 Å². The van der Waals surface area contributed by atoms with E-state index in [1.54, 1.807) is 0 Å². The Bertz CT molecular complexity index is 148. The zero-order valence-electron chi connectivity index (χ0n) is 11.6. The lowest BCUT2D eigenvalue weighted by molar-refractivity contribution is 0.413. The summed E-state index contributed by atoms with van der Waals surface area (Å²) in [6, 6.07) is 0. The van der Waals surface area contributed by atoms with Gasteiger partial charge in [-0.05, 0) is 31.2 Å². The van der Waals surface area contributed by atoms with Crippen LogP contribution >= 0.6 is 11.6 Å². The highest BCUT2D eigenvalue weighted by atomic mass is 35.5. The van der Waals surface area contributed by atoms with Gasteiger partial charge in [-0.15, -0.1) is 11.6 Å². The summed E-state index contributed by atoms with van der Waals surface area (Å²) < 4.78 is 0. The molecule has 0 aromatic carbocycles. The Morgan fingerprint density at radius 1 is 1.12 bits per heavy atom. The van der Waals surface area contributed by atoms with Crippen molar-refractivity contribution in [1.29, 1.82) is 0 Å². The first kappa shape index (κ1) is 16.2. The second kappa shape index (κ2) is 10.4. The second-order valence-electron chi connectivity index (χ2n) is 5.30. The molecule has 0 saturated heterocycles. The Morgan fingerprint density at radius 3 is 2.31 bits per heavy atom. The predicted octanol–water partition coefficient (Wildman–Crippen LogP) is 4.45. The minimum absolute atomic E-state index is 0.295. The average Bonchev–Trinajstić information content (AvgIpc) is 2.22. The highest BCUT2D eigenvalue weighted by molar-refractivity contribution is 6.20. The lowest BCUT2D eigenvalue weighted by Crippen LogP contribution is -2.29. The van der Waals surface area contributed by atoms with Crippen LogP contribution in [0.3, 0.4) is 0 Å². The standard InChI is InChI=1S/C14H30ClN/c1-5-7-8-13(6-2)10-16-11-14(15)9-12(3)4/h12-14,16H,5-11H2,1-4H3. The van der Waals surface area contributed by atoms with Gasteiger partial charge in [-0.25, -0.2) is 0 Å². The average molecular weight is 248 g/mol. The fraction of sp³-hybridized carbons (Fsp3) is 1.00. The van der Waals surface area contributed by atoms with Crippen molar-refractivity contribution in [2.45, 2.75) is 65.2 Å². The molecular formula is C14H30ClN. The van der Waals surface area contributed by atoms with Crippen LogP contribution in [0.4, 0.5) is 0 Å². The molecule has 1 N–H and O–H groups in total. The van der Waals surface area contributed by atoms with Crippen LogP contribution in [-0.2, 0) is 0 Å². The third-order valence-electron chi connectivity index (χ3n) is 3.07. The number of rotatable bonds is 10. The van der Waals surface area contributed by atoms with E-state index in [1.807, 2.05) is 0 Å². The maximum atomic E-state index is 6.24. The Hall–Kier alpha value is 0.250. The first-order chi connectivity index (χ1) is 7.60. The summed E-state index contributed by atoms with van der Waals surface area (Å²) in [6.07, 6.45) is 6.42. The van der Waals surface area contributed by atoms with Gasteiger partial charge in [0.25, 0.3) is 0 Å². The molecule has 0 aliphatic rings. The van der Waals surface area contributed by atoms with Crippen molar-refractivity contribution in [3.05, 3.63) is 0 Å². The molecule has 16 heavy (non-hydrogen) atoms. The normalized spacial score (nSPS) is 15.4. The molecule has 2 atom stereocenters. The maximum absolute atomic E-state index is 6.24. The van der Waals surface area contributed by atoms with Gasteiger partial charge in [0.05, 0.1) is 0 Å². The summed E-state index contributed by atoms with van der Waals surface area (Å²) in [5, 5.41) is 3.81. The van der Waals surface area contributed by atoms with E-state index in [-0.39, 0.29) is 0 Å². The van der Waals surface area contributed by atoms with Crippen LogP contribution in [0, 0.1) is 11.8 Å². The molecule has 0 aliphatic carbocycles. The third-order valence-corrected chi connectivity index (χ3v) is 3.40. The van der Waals surface area contributed by atoms with E-state index in [2.05, 4.69) is 33.0 Å². The lowest BCUT2D eigenvalue weighted by atomic mass is 9.99. The van der Waals surface area contributed by atoms with Crippen molar-refractivity contribution in [3.8, 4) is 0 Å². The fourth-order valence-electron chi connectivity index (χ4n) is 1.98. The van der Waals surface area contributed by atoms with Gasteiger partial charge < -0.3 is 5.32 Å². The van der Waals surface area contributed by atoms with Gasteiger partial charge in [0, 0.05) is 11.9 Å². The van der Waals surface area contributed by atoms with E-state index in [4.69, 9.17) is 11.6 Å². The van der Waals surface area contributed by atoms with Gasteiger partial charge in [0.2, 0.25) is 0 Å². The molecule has 0 aliphatic heterocycles. The quantitative estimate of drug-likeness (QED) is 0.563. The number of alkyl halides is 1. The molecule has 2 heteroatoms. The summed E-state index contributed by atoms with van der Waals surface area (Å²) in [5.41, 5.74) is 0. The molecule has 0 aromatic heterocycles. The highest BCUT2D eigenvalue weighted by Crippen LogP contribution is 2.12. The van der Waals surface area contributed by atoms with Crippen molar-refractivity contribution in [3.63, 3.8) is 0 Å². The summed E-state index contributed by atoms with van der Waals surface area (Å²) in [5.74, 6) is 1.54. The summed E-state index contributed by atoms with van der Waals surface area (Å²) in [6.45, 7) is 11.1. The number of halogens is 1. The second-order valence-corrected chi connectivity index (χ2v) is 5.92. The van der Waals surface area contributed by atoms with Crippen molar-refractivity contribution in [2.75, 3.05) is 13.1 Å². The van der Waals surface area contributed by atoms with E-state index in [1.165, 1.54) is 25.7 Å². The highest BCUT2D eigenvalue weighted by Gasteiger charge is 2.09. The lowest BCUT2D eigenvalue weighted by Gasteiger charge is -2.17. The van der Waals surface area contributed by atoms with E-state index < -0.39 is 0 Å². The molecule has 0 amide bonds. The molecule has 0 rings (SSSR count).